The van der Waals surface area contributed by atoms with Crippen LogP contribution in [0.3, 0.4) is 0 Å². The van der Waals surface area contributed by atoms with Gasteiger partial charge in [-0.2, -0.15) is 5.26 Å². The fourth-order valence-corrected chi connectivity index (χ4v) is 0.173. The molecule has 0 unspecified atom stereocenters. The molecule has 0 heterocycles. The number of nitriles is 1. The highest BCUT2D eigenvalue weighted by Crippen LogP contribution is 2.25. The zero-order valence-corrected chi connectivity index (χ0v) is 2.81. The lowest BCUT2D eigenvalue weighted by atomic mass is 10.5. The van der Waals surface area contributed by atoms with Crippen LogP contribution >= 0.6 is 0 Å². The van der Waals surface area contributed by atoms with Gasteiger partial charge in [0.05, 0.1) is 6.07 Å². The van der Waals surface area contributed by atoms with Gasteiger partial charge in [-0.1, -0.05) is 0 Å². The third-order valence-electron chi connectivity index (χ3n) is 0.637. The van der Waals surface area contributed by atoms with E-state index in [1.807, 2.05) is 6.42 Å². The summed E-state index contributed by atoms with van der Waals surface area (Å²) in [6.07, 6.45) is 3.01. The van der Waals surface area contributed by atoms with Crippen LogP contribution in [0, 0.1) is 23.7 Å². The van der Waals surface area contributed by atoms with E-state index in [1.54, 1.807) is 0 Å². The summed E-state index contributed by atoms with van der Waals surface area (Å²) in [6.45, 7) is 0. The van der Waals surface area contributed by atoms with Crippen molar-refractivity contribution < 1.29 is 0 Å². The molecule has 0 aliphatic heterocycles. The summed E-state index contributed by atoms with van der Waals surface area (Å²) in [5, 5.41) is 7.92. The Bertz CT molecular complexity index is 66.2. The Labute approximate surface area is 31.2 Å². The van der Waals surface area contributed by atoms with Crippen LogP contribution in [0.15, 0.2) is 0 Å². The van der Waals surface area contributed by atoms with Crippen molar-refractivity contribution in [3.8, 4) is 6.07 Å². The Kier molecular flexibility index (Phi) is 0.390. The Balaban J connectivity index is 2.30. The molecule has 1 saturated carbocycles. The molecule has 0 aromatic rings. The van der Waals surface area contributed by atoms with Gasteiger partial charge in [0, 0.05) is 5.92 Å². The standard InChI is InChI=1S/C4H4N/c5-3-4-1-2-4/h1,4H,2H2/t4-/m0/s1. The Hall–Kier alpha value is -0.510. The third kappa shape index (κ3) is 0.384. The number of nitrogens with zero attached hydrogens (tertiary/aromatic N) is 1. The van der Waals surface area contributed by atoms with Gasteiger partial charge < -0.3 is 0 Å². The molecule has 1 fully saturated rings. The smallest absolute Gasteiger partial charge is 0.0658 e. The number of rotatable bonds is 0. The molecule has 0 aromatic carbocycles. The zero-order chi connectivity index (χ0) is 3.70. The van der Waals surface area contributed by atoms with Crippen molar-refractivity contribution in [2.45, 2.75) is 6.42 Å². The molecule has 0 aromatic heterocycles. The quantitative estimate of drug-likeness (QED) is 0.409. The summed E-state index contributed by atoms with van der Waals surface area (Å²) in [7, 11) is 0. The van der Waals surface area contributed by atoms with Crippen molar-refractivity contribution in [2.24, 2.45) is 5.92 Å². The van der Waals surface area contributed by atoms with Crippen LogP contribution in [-0.2, 0) is 0 Å². The predicted octanol–water partition coefficient (Wildman–Crippen LogP) is 0.734. The summed E-state index contributed by atoms with van der Waals surface area (Å²) in [5.74, 6) is 0.315. The van der Waals surface area contributed by atoms with Crippen LogP contribution in [0.25, 0.3) is 0 Å². The summed E-state index contributed by atoms with van der Waals surface area (Å²) in [4.78, 5) is 0. The van der Waals surface area contributed by atoms with Gasteiger partial charge in [-0.15, -0.1) is 0 Å². The minimum absolute atomic E-state index is 0.315. The van der Waals surface area contributed by atoms with E-state index in [9.17, 15) is 0 Å². The van der Waals surface area contributed by atoms with Crippen molar-refractivity contribution in [3.63, 3.8) is 0 Å². The zero-order valence-electron chi connectivity index (χ0n) is 2.81. The normalized spacial score (nSPS) is 21.4. The van der Waals surface area contributed by atoms with Gasteiger partial charge in [0.25, 0.3) is 0 Å². The molecular weight excluding hydrogens is 62.1 g/mol. The lowest BCUT2D eigenvalue weighted by molar-refractivity contribution is 1.17. The van der Waals surface area contributed by atoms with Crippen LogP contribution in [-0.4, -0.2) is 0 Å². The van der Waals surface area contributed by atoms with Gasteiger partial charge in [0.2, 0.25) is 0 Å². The van der Waals surface area contributed by atoms with Crippen molar-refractivity contribution in [2.75, 3.05) is 0 Å². The highest BCUT2D eigenvalue weighted by molar-refractivity contribution is 5.08. The predicted molar refractivity (Wildman–Crippen MR) is 18.0 cm³/mol. The van der Waals surface area contributed by atoms with Crippen molar-refractivity contribution in [3.05, 3.63) is 6.42 Å². The van der Waals surface area contributed by atoms with E-state index in [2.05, 4.69) is 6.07 Å². The van der Waals surface area contributed by atoms with Gasteiger partial charge in [0.15, 0.2) is 0 Å². The number of hydrogen-bond acceptors (Lipinski definition) is 1. The van der Waals surface area contributed by atoms with E-state index in [-0.39, 0.29) is 0 Å². The van der Waals surface area contributed by atoms with E-state index >= 15 is 0 Å². The second-order valence-corrected chi connectivity index (χ2v) is 1.21. The summed E-state index contributed by atoms with van der Waals surface area (Å²) < 4.78 is 0. The molecule has 0 spiro atoms. The van der Waals surface area contributed by atoms with Crippen molar-refractivity contribution in [1.29, 1.82) is 5.26 Å². The van der Waals surface area contributed by atoms with E-state index in [0.717, 1.165) is 6.42 Å². The van der Waals surface area contributed by atoms with Crippen molar-refractivity contribution in [1.82, 2.24) is 0 Å². The Morgan fingerprint density at radius 2 is 2.60 bits per heavy atom. The lowest BCUT2D eigenvalue weighted by Crippen LogP contribution is -1.52. The van der Waals surface area contributed by atoms with Crippen LogP contribution in [0.2, 0.25) is 0 Å². The fourth-order valence-electron chi connectivity index (χ4n) is 0.173. The van der Waals surface area contributed by atoms with Crippen molar-refractivity contribution >= 4 is 0 Å². The minimum Gasteiger partial charge on any atom is -0.198 e. The van der Waals surface area contributed by atoms with Crippen LogP contribution < -0.4 is 0 Å². The molecule has 1 aliphatic rings. The summed E-state index contributed by atoms with van der Waals surface area (Å²) >= 11 is 0. The molecule has 5 heavy (non-hydrogen) atoms. The molecule has 1 atom stereocenters. The van der Waals surface area contributed by atoms with Crippen LogP contribution in [0.4, 0.5) is 0 Å². The largest absolute Gasteiger partial charge is 0.198 e. The first-order chi connectivity index (χ1) is 2.43. The van der Waals surface area contributed by atoms with Gasteiger partial charge in [-0.3, -0.25) is 0 Å². The average Bonchev–Trinajstić information content (AvgIpc) is 2.12. The third-order valence-corrected chi connectivity index (χ3v) is 0.637. The summed E-state index contributed by atoms with van der Waals surface area (Å²) in [6, 6.07) is 2.08. The molecule has 0 amide bonds. The van der Waals surface area contributed by atoms with Crippen LogP contribution in [0.5, 0.6) is 0 Å². The number of hydrogen-bond donors (Lipinski definition) is 0. The monoisotopic (exact) mass is 66.0 g/mol. The maximum Gasteiger partial charge on any atom is 0.0658 e. The maximum absolute atomic E-state index is 7.92. The van der Waals surface area contributed by atoms with E-state index in [1.165, 1.54) is 0 Å². The van der Waals surface area contributed by atoms with Gasteiger partial charge in [0.1, 0.15) is 0 Å². The fraction of sp³-hybridized carbons (Fsp3) is 0.500. The minimum atomic E-state index is 0.315. The molecule has 1 aliphatic carbocycles. The average molecular weight is 66.1 g/mol. The second kappa shape index (κ2) is 0.718. The molecule has 1 radical (unpaired) electrons. The van der Waals surface area contributed by atoms with Crippen LogP contribution in [0.1, 0.15) is 6.42 Å². The molecule has 1 rings (SSSR count). The maximum atomic E-state index is 7.92. The first-order valence-electron chi connectivity index (χ1n) is 1.66. The highest BCUT2D eigenvalue weighted by atomic mass is 14.3. The first-order valence-corrected chi connectivity index (χ1v) is 1.66. The molecule has 0 bridgehead atoms. The van der Waals surface area contributed by atoms with E-state index < -0.39 is 0 Å². The molecule has 1 nitrogen and oxygen atoms in total. The topological polar surface area (TPSA) is 23.8 Å². The first kappa shape index (κ1) is 2.71. The van der Waals surface area contributed by atoms with E-state index in [0.29, 0.717) is 5.92 Å². The molecular formula is C4H4N. The molecule has 1 heteroatoms. The Morgan fingerprint density at radius 1 is 2.00 bits per heavy atom. The summed E-state index contributed by atoms with van der Waals surface area (Å²) in [5.41, 5.74) is 0. The molecule has 25 valence electrons. The van der Waals surface area contributed by atoms with E-state index in [4.69, 9.17) is 5.26 Å². The highest BCUT2D eigenvalue weighted by Gasteiger charge is 2.19. The van der Waals surface area contributed by atoms with Gasteiger partial charge in [-0.05, 0) is 12.8 Å². The SMILES string of the molecule is N#C[C@H]1[CH]C1. The van der Waals surface area contributed by atoms with Gasteiger partial charge >= 0.3 is 0 Å². The van der Waals surface area contributed by atoms with Gasteiger partial charge in [-0.25, -0.2) is 0 Å². The second-order valence-electron chi connectivity index (χ2n) is 1.21. The Morgan fingerprint density at radius 3 is 2.60 bits per heavy atom. The lowest BCUT2D eigenvalue weighted by Gasteiger charge is -1.51. The molecule has 0 N–H and O–H groups in total. The molecule has 0 saturated heterocycles.